The Labute approximate surface area is 169 Å². The Balaban J connectivity index is 0.000000318. The Kier molecular flexibility index (Phi) is 6.04. The fourth-order valence-corrected chi connectivity index (χ4v) is 3.54. The van der Waals surface area contributed by atoms with E-state index in [1.54, 1.807) is 29.4 Å². The standard InChI is InChI=1S/C18H17N3O2.C2HF3O2/c22-17(13-6-8-19-9-7-13)20-10-14-11-21(18(23)16(14)12-20)15-4-2-1-3-5-15;3-2(4,5)1(6)7/h1-9,14,16H,10-12H2;(H,6,7). The third-order valence-electron chi connectivity index (χ3n) is 4.97. The van der Waals surface area contributed by atoms with Crippen molar-refractivity contribution in [3.8, 4) is 0 Å². The molecule has 2 aliphatic heterocycles. The van der Waals surface area contributed by atoms with Crippen LogP contribution in [-0.2, 0) is 9.59 Å². The van der Waals surface area contributed by atoms with Crippen molar-refractivity contribution in [3.05, 3.63) is 60.4 Å². The number of carboxylic acid groups (broad SMARTS) is 1. The summed E-state index contributed by atoms with van der Waals surface area (Å²) in [6.45, 7) is 1.84. The van der Waals surface area contributed by atoms with E-state index in [0.717, 1.165) is 5.69 Å². The van der Waals surface area contributed by atoms with E-state index in [9.17, 15) is 22.8 Å². The Morgan fingerprint density at radius 2 is 1.60 bits per heavy atom. The first-order valence-corrected chi connectivity index (χ1v) is 9.04. The topological polar surface area (TPSA) is 90.8 Å². The number of aromatic nitrogens is 1. The fraction of sp³-hybridized carbons (Fsp3) is 0.300. The molecule has 158 valence electrons. The van der Waals surface area contributed by atoms with Gasteiger partial charge in [-0.2, -0.15) is 13.2 Å². The monoisotopic (exact) mass is 421 g/mol. The number of rotatable bonds is 2. The Morgan fingerprint density at radius 1 is 1.00 bits per heavy atom. The van der Waals surface area contributed by atoms with Crippen LogP contribution in [0.15, 0.2) is 54.9 Å². The van der Waals surface area contributed by atoms with Crippen LogP contribution in [0, 0.1) is 11.8 Å². The molecule has 0 saturated carbocycles. The van der Waals surface area contributed by atoms with Crippen LogP contribution in [0.1, 0.15) is 10.4 Å². The molecule has 0 aliphatic carbocycles. The summed E-state index contributed by atoms with van der Waals surface area (Å²) in [6, 6.07) is 13.2. The number of pyridine rings is 1. The van der Waals surface area contributed by atoms with Crippen LogP contribution in [0.2, 0.25) is 0 Å². The molecule has 2 aromatic rings. The highest BCUT2D eigenvalue weighted by Gasteiger charge is 2.47. The molecule has 0 spiro atoms. The second-order valence-electron chi connectivity index (χ2n) is 6.90. The number of carbonyl (C=O) groups is 3. The highest BCUT2D eigenvalue weighted by atomic mass is 19.4. The van der Waals surface area contributed by atoms with Crippen LogP contribution in [0.4, 0.5) is 18.9 Å². The summed E-state index contributed by atoms with van der Waals surface area (Å²) in [5, 5.41) is 7.12. The Hall–Kier alpha value is -3.43. The van der Waals surface area contributed by atoms with Crippen LogP contribution in [-0.4, -0.2) is 58.6 Å². The summed E-state index contributed by atoms with van der Waals surface area (Å²) in [5.41, 5.74) is 1.58. The van der Waals surface area contributed by atoms with E-state index in [4.69, 9.17) is 9.90 Å². The van der Waals surface area contributed by atoms with Crippen molar-refractivity contribution in [1.29, 1.82) is 0 Å². The van der Waals surface area contributed by atoms with Gasteiger partial charge >= 0.3 is 12.1 Å². The molecule has 3 heterocycles. The molecule has 0 radical (unpaired) electrons. The molecule has 1 aromatic heterocycles. The lowest BCUT2D eigenvalue weighted by atomic mass is 10.0. The van der Waals surface area contributed by atoms with Gasteiger partial charge in [0.25, 0.3) is 5.91 Å². The first kappa shape index (κ1) is 21.3. The third-order valence-corrected chi connectivity index (χ3v) is 4.97. The second-order valence-corrected chi connectivity index (χ2v) is 6.90. The van der Waals surface area contributed by atoms with E-state index in [0.29, 0.717) is 25.2 Å². The molecular formula is C20H18F3N3O4. The van der Waals surface area contributed by atoms with Gasteiger partial charge in [-0.3, -0.25) is 14.6 Å². The van der Waals surface area contributed by atoms with Crippen molar-refractivity contribution in [3.63, 3.8) is 0 Å². The van der Waals surface area contributed by atoms with Crippen molar-refractivity contribution >= 4 is 23.5 Å². The number of hydrogen-bond acceptors (Lipinski definition) is 4. The Bertz CT molecular complexity index is 922. The highest BCUT2D eigenvalue weighted by molar-refractivity contribution is 6.00. The summed E-state index contributed by atoms with van der Waals surface area (Å²) in [5.74, 6) is -2.51. The summed E-state index contributed by atoms with van der Waals surface area (Å²) in [4.78, 5) is 41.7. The third kappa shape index (κ3) is 4.58. The van der Waals surface area contributed by atoms with Crippen molar-refractivity contribution in [2.24, 2.45) is 11.8 Å². The molecule has 2 aliphatic rings. The average Bonchev–Trinajstić information content (AvgIpc) is 3.28. The quantitative estimate of drug-likeness (QED) is 0.805. The molecule has 2 fully saturated rings. The van der Waals surface area contributed by atoms with Gasteiger partial charge in [-0.05, 0) is 24.3 Å². The smallest absolute Gasteiger partial charge is 0.475 e. The number of aliphatic carboxylic acids is 1. The molecule has 30 heavy (non-hydrogen) atoms. The van der Waals surface area contributed by atoms with Crippen molar-refractivity contribution in [2.75, 3.05) is 24.5 Å². The van der Waals surface area contributed by atoms with E-state index in [-0.39, 0.29) is 23.7 Å². The summed E-state index contributed by atoms with van der Waals surface area (Å²) < 4.78 is 31.7. The second kappa shape index (κ2) is 8.52. The number of para-hydroxylation sites is 1. The SMILES string of the molecule is O=C(O)C(F)(F)F.O=C(c1ccncc1)N1CC2CN(c3ccccc3)C(=O)C2C1. The lowest BCUT2D eigenvalue weighted by Gasteiger charge is -2.22. The molecule has 1 aromatic carbocycles. The van der Waals surface area contributed by atoms with Gasteiger partial charge in [-0.25, -0.2) is 4.79 Å². The maximum absolute atomic E-state index is 12.7. The largest absolute Gasteiger partial charge is 0.490 e. The van der Waals surface area contributed by atoms with Gasteiger partial charge in [0.1, 0.15) is 0 Å². The summed E-state index contributed by atoms with van der Waals surface area (Å²) in [7, 11) is 0. The lowest BCUT2D eigenvalue weighted by Crippen LogP contribution is -2.35. The fourth-order valence-electron chi connectivity index (χ4n) is 3.54. The number of carboxylic acids is 1. The zero-order valence-corrected chi connectivity index (χ0v) is 15.6. The molecule has 2 saturated heterocycles. The number of nitrogens with zero attached hydrogens (tertiary/aromatic N) is 3. The summed E-state index contributed by atoms with van der Waals surface area (Å²) in [6.07, 6.45) is -1.85. The van der Waals surface area contributed by atoms with E-state index < -0.39 is 12.1 Å². The number of carbonyl (C=O) groups excluding carboxylic acids is 2. The minimum absolute atomic E-state index is 0.0131. The molecule has 2 unspecified atom stereocenters. The number of amides is 2. The predicted molar refractivity (Wildman–Crippen MR) is 99.6 cm³/mol. The van der Waals surface area contributed by atoms with Crippen LogP contribution < -0.4 is 4.90 Å². The predicted octanol–water partition coefficient (Wildman–Crippen LogP) is 2.45. The Morgan fingerprint density at radius 3 is 2.13 bits per heavy atom. The van der Waals surface area contributed by atoms with Crippen LogP contribution in [0.5, 0.6) is 0 Å². The van der Waals surface area contributed by atoms with Gasteiger partial charge in [0.15, 0.2) is 0 Å². The van der Waals surface area contributed by atoms with Gasteiger partial charge < -0.3 is 14.9 Å². The van der Waals surface area contributed by atoms with Crippen molar-refractivity contribution < 1.29 is 32.7 Å². The summed E-state index contributed by atoms with van der Waals surface area (Å²) >= 11 is 0. The van der Waals surface area contributed by atoms with E-state index in [1.165, 1.54) is 0 Å². The number of halogens is 3. The number of benzene rings is 1. The molecule has 1 N–H and O–H groups in total. The molecule has 4 rings (SSSR count). The molecule has 2 amide bonds. The zero-order chi connectivity index (χ0) is 21.9. The molecule has 7 nitrogen and oxygen atoms in total. The van der Waals surface area contributed by atoms with Gasteiger partial charge in [-0.15, -0.1) is 0 Å². The van der Waals surface area contributed by atoms with Gasteiger partial charge in [0, 0.05) is 49.2 Å². The maximum Gasteiger partial charge on any atom is 0.490 e. The number of alkyl halides is 3. The number of fused-ring (bicyclic) bond motifs is 1. The normalized spacial score (nSPS) is 20.4. The van der Waals surface area contributed by atoms with E-state index in [1.807, 2.05) is 35.2 Å². The number of anilines is 1. The van der Waals surface area contributed by atoms with Crippen molar-refractivity contribution in [1.82, 2.24) is 9.88 Å². The van der Waals surface area contributed by atoms with E-state index in [2.05, 4.69) is 4.98 Å². The minimum Gasteiger partial charge on any atom is -0.475 e. The van der Waals surface area contributed by atoms with Crippen molar-refractivity contribution in [2.45, 2.75) is 6.18 Å². The lowest BCUT2D eigenvalue weighted by molar-refractivity contribution is -0.192. The van der Waals surface area contributed by atoms with Crippen LogP contribution in [0.25, 0.3) is 0 Å². The molecule has 10 heteroatoms. The van der Waals surface area contributed by atoms with Crippen LogP contribution >= 0.6 is 0 Å². The molecule has 2 atom stereocenters. The highest BCUT2D eigenvalue weighted by Crippen LogP contribution is 2.35. The minimum atomic E-state index is -5.08. The zero-order valence-electron chi connectivity index (χ0n) is 15.6. The first-order chi connectivity index (χ1) is 14.2. The molecule has 0 bridgehead atoms. The van der Waals surface area contributed by atoms with E-state index >= 15 is 0 Å². The van der Waals surface area contributed by atoms with Gasteiger partial charge in [-0.1, -0.05) is 18.2 Å². The van der Waals surface area contributed by atoms with Gasteiger partial charge in [0.05, 0.1) is 5.92 Å². The number of hydrogen-bond donors (Lipinski definition) is 1. The van der Waals surface area contributed by atoms with Gasteiger partial charge in [0.2, 0.25) is 5.91 Å². The maximum atomic E-state index is 12.7. The van der Waals surface area contributed by atoms with Crippen LogP contribution in [0.3, 0.4) is 0 Å². The average molecular weight is 421 g/mol. The number of likely N-dealkylation sites (tertiary alicyclic amines) is 1. The first-order valence-electron chi connectivity index (χ1n) is 9.04. The molecular weight excluding hydrogens is 403 g/mol.